The largest absolute Gasteiger partial charge is 0.496 e. The third kappa shape index (κ3) is 4.46. The molecule has 8 heteroatoms. The lowest BCUT2D eigenvalue weighted by molar-refractivity contribution is 0.112. The molecule has 0 radical (unpaired) electrons. The normalized spacial score (nSPS) is 18.6. The van der Waals surface area contributed by atoms with Crippen LogP contribution in [0.1, 0.15) is 35.8 Å². The number of allylic oxidation sites excluding steroid dienone is 3. The van der Waals surface area contributed by atoms with Gasteiger partial charge in [-0.15, -0.1) is 11.3 Å². The predicted octanol–water partition coefficient (Wildman–Crippen LogP) is 3.63. The lowest BCUT2D eigenvalue weighted by Crippen LogP contribution is -2.29. The van der Waals surface area contributed by atoms with Gasteiger partial charge in [-0.2, -0.15) is 5.26 Å². The van der Waals surface area contributed by atoms with Gasteiger partial charge < -0.3 is 14.8 Å². The summed E-state index contributed by atoms with van der Waals surface area (Å²) in [6.07, 6.45) is 5.20. The first-order valence-corrected chi connectivity index (χ1v) is 10.1. The molecule has 0 spiro atoms. The number of methoxy groups -OCH3 is 1. The number of halogens is 1. The molecular weight excluding hydrogens is 384 g/mol. The summed E-state index contributed by atoms with van der Waals surface area (Å²) in [5.41, 5.74) is 2.76. The molecule has 0 fully saturated rings. The number of hydrogen-bond acceptors (Lipinski definition) is 7. The molecule has 0 unspecified atom stereocenters. The van der Waals surface area contributed by atoms with E-state index in [4.69, 9.17) is 26.1 Å². The highest BCUT2D eigenvalue weighted by molar-refractivity contribution is 7.12. The van der Waals surface area contributed by atoms with Crippen molar-refractivity contribution >= 4 is 28.5 Å². The molecule has 0 aromatic carbocycles. The second kappa shape index (κ2) is 8.79. The van der Waals surface area contributed by atoms with Crippen molar-refractivity contribution < 1.29 is 9.47 Å². The van der Waals surface area contributed by atoms with Crippen molar-refractivity contribution in [3.05, 3.63) is 43.8 Å². The minimum absolute atomic E-state index is 0.421. The third-order valence-corrected chi connectivity index (χ3v) is 5.63. The number of nitriles is 1. The fourth-order valence-electron chi connectivity index (χ4n) is 3.00. The van der Waals surface area contributed by atoms with Gasteiger partial charge in [-0.1, -0.05) is 25.4 Å². The molecule has 2 aliphatic rings. The van der Waals surface area contributed by atoms with E-state index in [9.17, 15) is 5.26 Å². The Labute approximate surface area is 168 Å². The van der Waals surface area contributed by atoms with Crippen molar-refractivity contribution in [3.8, 4) is 6.19 Å². The summed E-state index contributed by atoms with van der Waals surface area (Å²) in [5, 5.41) is 16.8. The topological polar surface area (TPSA) is 79.2 Å². The van der Waals surface area contributed by atoms with Crippen LogP contribution in [-0.2, 0) is 22.5 Å². The van der Waals surface area contributed by atoms with Crippen LogP contribution in [-0.4, -0.2) is 25.2 Å². The summed E-state index contributed by atoms with van der Waals surface area (Å²) >= 11 is 8.08. The lowest BCUT2D eigenvalue weighted by Gasteiger charge is -2.22. The zero-order chi connectivity index (χ0) is 19.4. The van der Waals surface area contributed by atoms with Gasteiger partial charge in [0.15, 0.2) is 6.19 Å². The minimum Gasteiger partial charge on any atom is -0.496 e. The van der Waals surface area contributed by atoms with Crippen LogP contribution in [0, 0.1) is 17.4 Å². The van der Waals surface area contributed by atoms with Crippen LogP contribution in [0.2, 0.25) is 0 Å². The molecule has 1 aliphatic heterocycles. The molecule has 3 rings (SSSR count). The van der Waals surface area contributed by atoms with Crippen LogP contribution in [0.3, 0.4) is 0 Å². The van der Waals surface area contributed by atoms with E-state index in [1.165, 1.54) is 0 Å². The van der Waals surface area contributed by atoms with Gasteiger partial charge in [-0.25, -0.2) is 4.98 Å². The summed E-state index contributed by atoms with van der Waals surface area (Å²) in [6, 6.07) is 0. The van der Waals surface area contributed by atoms with E-state index in [0.717, 1.165) is 33.1 Å². The van der Waals surface area contributed by atoms with Crippen molar-refractivity contribution in [2.24, 2.45) is 5.92 Å². The Kier molecular flexibility index (Phi) is 6.42. The van der Waals surface area contributed by atoms with Crippen molar-refractivity contribution in [2.75, 3.05) is 20.3 Å². The van der Waals surface area contributed by atoms with Gasteiger partial charge in [0.05, 0.1) is 36.5 Å². The molecule has 0 saturated carbocycles. The zero-order valence-electron chi connectivity index (χ0n) is 15.7. The Hall–Kier alpha value is -2.01. The van der Waals surface area contributed by atoms with Crippen LogP contribution >= 0.6 is 22.9 Å². The van der Waals surface area contributed by atoms with Gasteiger partial charge in [0.25, 0.3) is 0 Å². The molecule has 2 heterocycles. The monoisotopic (exact) mass is 406 g/mol. The Morgan fingerprint density at radius 1 is 1.52 bits per heavy atom. The summed E-state index contributed by atoms with van der Waals surface area (Å²) < 4.78 is 11.3. The summed E-state index contributed by atoms with van der Waals surface area (Å²) in [5.74, 6) is 1.69. The number of nitrogens with one attached hydrogen (secondary N) is 2. The molecule has 27 heavy (non-hydrogen) atoms. The summed E-state index contributed by atoms with van der Waals surface area (Å²) in [6.45, 7) is 6.23. The molecule has 1 aromatic rings. The molecule has 2 N–H and O–H groups in total. The van der Waals surface area contributed by atoms with Crippen molar-refractivity contribution in [1.29, 1.82) is 5.26 Å². The lowest BCUT2D eigenvalue weighted by atomic mass is 9.99. The van der Waals surface area contributed by atoms with Crippen molar-refractivity contribution in [1.82, 2.24) is 15.6 Å². The SMILES string of the molecule is COC1=C(c2nc3c(s2)COCC3)CC(Cl)=CC1=C(NC#N)NCC(C)C. The first kappa shape index (κ1) is 19.7. The number of rotatable bonds is 6. The van der Waals surface area contributed by atoms with Crippen LogP contribution < -0.4 is 10.6 Å². The number of nitrogens with zero attached hydrogens (tertiary/aromatic N) is 2. The Morgan fingerprint density at radius 2 is 2.33 bits per heavy atom. The first-order chi connectivity index (χ1) is 13.0. The van der Waals surface area contributed by atoms with Gasteiger partial charge in [0.1, 0.15) is 16.6 Å². The van der Waals surface area contributed by atoms with E-state index in [-0.39, 0.29) is 0 Å². The maximum absolute atomic E-state index is 9.18. The average molecular weight is 407 g/mol. The average Bonchev–Trinajstić information content (AvgIpc) is 3.08. The van der Waals surface area contributed by atoms with Gasteiger partial charge >= 0.3 is 0 Å². The van der Waals surface area contributed by atoms with Crippen LogP contribution in [0.4, 0.5) is 0 Å². The van der Waals surface area contributed by atoms with E-state index < -0.39 is 0 Å². The molecule has 6 nitrogen and oxygen atoms in total. The molecule has 0 atom stereocenters. The minimum atomic E-state index is 0.421. The Morgan fingerprint density at radius 3 is 3.00 bits per heavy atom. The predicted molar refractivity (Wildman–Crippen MR) is 107 cm³/mol. The number of aromatic nitrogens is 1. The fraction of sp³-hybridized carbons (Fsp3) is 0.474. The van der Waals surface area contributed by atoms with E-state index in [2.05, 4.69) is 24.5 Å². The second-order valence-electron chi connectivity index (χ2n) is 6.77. The molecule has 1 aromatic heterocycles. The standard InChI is InChI=1S/C19H23ClN4O2S/c1-11(2)8-22-18(23-10-21)13-6-12(20)7-14(17(13)25-3)19-24-15-4-5-26-9-16(15)27-19/h6,11,22-23H,4-5,7-9H2,1-3H3. The number of thiazole rings is 1. The van der Waals surface area contributed by atoms with Gasteiger partial charge in [0.2, 0.25) is 0 Å². The van der Waals surface area contributed by atoms with Gasteiger partial charge in [-0.05, 0) is 12.0 Å². The molecule has 0 bridgehead atoms. The quantitative estimate of drug-likeness (QED) is 0.554. The molecule has 0 amide bonds. The highest BCUT2D eigenvalue weighted by atomic mass is 35.5. The maximum atomic E-state index is 9.18. The zero-order valence-corrected chi connectivity index (χ0v) is 17.3. The third-order valence-electron chi connectivity index (χ3n) is 4.26. The van der Waals surface area contributed by atoms with E-state index >= 15 is 0 Å². The van der Waals surface area contributed by atoms with Crippen molar-refractivity contribution in [3.63, 3.8) is 0 Å². The smallest absolute Gasteiger partial charge is 0.182 e. The molecule has 144 valence electrons. The van der Waals surface area contributed by atoms with Crippen LogP contribution in [0.5, 0.6) is 0 Å². The Balaban J connectivity index is 2.07. The van der Waals surface area contributed by atoms with Gasteiger partial charge in [0, 0.05) is 30.0 Å². The van der Waals surface area contributed by atoms with E-state index in [1.807, 2.05) is 12.3 Å². The Bertz CT molecular complexity index is 825. The highest BCUT2D eigenvalue weighted by Gasteiger charge is 2.27. The number of ether oxygens (including phenoxy) is 2. The van der Waals surface area contributed by atoms with E-state index in [0.29, 0.717) is 48.7 Å². The number of hydrogen-bond donors (Lipinski definition) is 2. The number of fused-ring (bicyclic) bond motifs is 1. The van der Waals surface area contributed by atoms with E-state index in [1.54, 1.807) is 18.4 Å². The molecule has 0 saturated heterocycles. The van der Waals surface area contributed by atoms with Crippen LogP contribution in [0.25, 0.3) is 5.57 Å². The van der Waals surface area contributed by atoms with Gasteiger partial charge in [-0.3, -0.25) is 5.32 Å². The fourth-order valence-corrected chi connectivity index (χ4v) is 4.33. The highest BCUT2D eigenvalue weighted by Crippen LogP contribution is 2.40. The second-order valence-corrected chi connectivity index (χ2v) is 8.34. The first-order valence-electron chi connectivity index (χ1n) is 8.87. The summed E-state index contributed by atoms with van der Waals surface area (Å²) in [4.78, 5) is 5.96. The van der Waals surface area contributed by atoms with Crippen LogP contribution in [0.15, 0.2) is 28.3 Å². The summed E-state index contributed by atoms with van der Waals surface area (Å²) in [7, 11) is 1.63. The maximum Gasteiger partial charge on any atom is 0.182 e. The molecular formula is C19H23ClN4O2S. The molecule has 1 aliphatic carbocycles. The van der Waals surface area contributed by atoms with Crippen molar-refractivity contribution in [2.45, 2.75) is 33.3 Å².